The quantitative estimate of drug-likeness (QED) is 0.882. The first-order valence-corrected chi connectivity index (χ1v) is 6.06. The van der Waals surface area contributed by atoms with E-state index in [1.807, 2.05) is 29.7 Å². The monoisotopic (exact) mass is 249 g/mol. The van der Waals surface area contributed by atoms with Crippen molar-refractivity contribution >= 4 is 17.0 Å². The van der Waals surface area contributed by atoms with E-state index in [4.69, 9.17) is 15.2 Å². The van der Waals surface area contributed by atoms with Gasteiger partial charge in [0.2, 0.25) is 5.95 Å². The number of nitrogens with zero attached hydrogens (tertiary/aromatic N) is 2. The summed E-state index contributed by atoms with van der Waals surface area (Å²) in [7, 11) is 1.64. The topological polar surface area (TPSA) is 62.3 Å². The summed E-state index contributed by atoms with van der Waals surface area (Å²) in [6.45, 7) is 5.37. The number of aromatic nitrogens is 2. The molecule has 0 fully saturated rings. The van der Waals surface area contributed by atoms with Gasteiger partial charge in [-0.1, -0.05) is 0 Å². The fourth-order valence-corrected chi connectivity index (χ4v) is 2.05. The summed E-state index contributed by atoms with van der Waals surface area (Å²) in [5, 5.41) is 0. The molecule has 5 heteroatoms. The molecule has 2 rings (SSSR count). The second kappa shape index (κ2) is 5.27. The molecule has 0 aliphatic rings. The van der Waals surface area contributed by atoms with Gasteiger partial charge in [-0.25, -0.2) is 4.98 Å². The fraction of sp³-hybridized carbons (Fsp3) is 0.462. The number of rotatable bonds is 5. The lowest BCUT2D eigenvalue weighted by atomic mass is 10.2. The minimum atomic E-state index is 0.156. The average Bonchev–Trinajstić information content (AvgIpc) is 2.70. The zero-order chi connectivity index (χ0) is 13.1. The molecule has 98 valence electrons. The number of benzene rings is 1. The van der Waals surface area contributed by atoms with Crippen molar-refractivity contribution in [3.63, 3.8) is 0 Å². The molecule has 0 amide bonds. The fourth-order valence-electron chi connectivity index (χ4n) is 2.05. The highest BCUT2D eigenvalue weighted by Crippen LogP contribution is 2.26. The van der Waals surface area contributed by atoms with Gasteiger partial charge in [0.15, 0.2) is 0 Å². The first-order valence-electron chi connectivity index (χ1n) is 6.06. The largest absolute Gasteiger partial charge is 0.497 e. The summed E-state index contributed by atoms with van der Waals surface area (Å²) < 4.78 is 12.6. The van der Waals surface area contributed by atoms with Crippen molar-refractivity contribution in [1.82, 2.24) is 9.55 Å². The molecule has 2 aromatic rings. The van der Waals surface area contributed by atoms with Gasteiger partial charge < -0.3 is 19.8 Å². The SMILES string of the molecule is CCOCC(C)n1c(N)nc2cc(OC)ccc21. The molecule has 0 saturated carbocycles. The van der Waals surface area contributed by atoms with Crippen LogP contribution in [0.25, 0.3) is 11.0 Å². The molecule has 1 unspecified atom stereocenters. The minimum Gasteiger partial charge on any atom is -0.497 e. The Morgan fingerprint density at radius 3 is 2.89 bits per heavy atom. The van der Waals surface area contributed by atoms with Crippen molar-refractivity contribution in [2.45, 2.75) is 19.9 Å². The Morgan fingerprint density at radius 1 is 1.44 bits per heavy atom. The van der Waals surface area contributed by atoms with Crippen molar-refractivity contribution in [1.29, 1.82) is 0 Å². The van der Waals surface area contributed by atoms with E-state index in [2.05, 4.69) is 11.9 Å². The van der Waals surface area contributed by atoms with Crippen LogP contribution in [-0.4, -0.2) is 29.9 Å². The van der Waals surface area contributed by atoms with Crippen molar-refractivity contribution in [3.8, 4) is 5.75 Å². The second-order valence-corrected chi connectivity index (χ2v) is 4.20. The van der Waals surface area contributed by atoms with E-state index in [0.717, 1.165) is 16.8 Å². The Labute approximate surface area is 107 Å². The molecule has 0 aliphatic carbocycles. The molecule has 0 saturated heterocycles. The highest BCUT2D eigenvalue weighted by atomic mass is 16.5. The van der Waals surface area contributed by atoms with Crippen molar-refractivity contribution in [2.24, 2.45) is 0 Å². The van der Waals surface area contributed by atoms with Gasteiger partial charge in [-0.2, -0.15) is 0 Å². The molecule has 0 bridgehead atoms. The van der Waals surface area contributed by atoms with E-state index >= 15 is 0 Å². The third-order valence-corrected chi connectivity index (χ3v) is 2.93. The average molecular weight is 249 g/mol. The molecular weight excluding hydrogens is 230 g/mol. The number of anilines is 1. The molecule has 1 aromatic heterocycles. The molecule has 1 atom stereocenters. The third kappa shape index (κ3) is 2.26. The van der Waals surface area contributed by atoms with Gasteiger partial charge in [0.25, 0.3) is 0 Å². The van der Waals surface area contributed by atoms with E-state index in [1.165, 1.54) is 0 Å². The van der Waals surface area contributed by atoms with Crippen molar-refractivity contribution in [2.75, 3.05) is 26.1 Å². The molecular formula is C13H19N3O2. The Bertz CT molecular complexity index is 536. The van der Waals surface area contributed by atoms with E-state index in [-0.39, 0.29) is 6.04 Å². The van der Waals surface area contributed by atoms with Gasteiger partial charge in [0.05, 0.1) is 30.8 Å². The maximum Gasteiger partial charge on any atom is 0.201 e. The molecule has 2 N–H and O–H groups in total. The number of methoxy groups -OCH3 is 1. The zero-order valence-corrected chi connectivity index (χ0v) is 11.0. The summed E-state index contributed by atoms with van der Waals surface area (Å²) in [6, 6.07) is 5.92. The van der Waals surface area contributed by atoms with Gasteiger partial charge in [0, 0.05) is 12.7 Å². The van der Waals surface area contributed by atoms with Gasteiger partial charge >= 0.3 is 0 Å². The standard InChI is InChI=1S/C13H19N3O2/c1-4-18-8-9(2)16-12-6-5-10(17-3)7-11(12)15-13(16)14/h5-7,9H,4,8H2,1-3H3,(H2,14,15). The Morgan fingerprint density at radius 2 is 2.22 bits per heavy atom. The maximum atomic E-state index is 5.97. The summed E-state index contributed by atoms with van der Waals surface area (Å²) in [5.74, 6) is 1.29. The van der Waals surface area contributed by atoms with Gasteiger partial charge in [-0.05, 0) is 26.0 Å². The number of nitrogens with two attached hydrogens (primary N) is 1. The van der Waals surface area contributed by atoms with E-state index < -0.39 is 0 Å². The van der Waals surface area contributed by atoms with Crippen molar-refractivity contribution < 1.29 is 9.47 Å². The summed E-state index contributed by atoms with van der Waals surface area (Å²) in [4.78, 5) is 4.36. The smallest absolute Gasteiger partial charge is 0.201 e. The predicted molar refractivity (Wildman–Crippen MR) is 71.9 cm³/mol. The zero-order valence-electron chi connectivity index (χ0n) is 11.0. The van der Waals surface area contributed by atoms with Crippen LogP contribution in [0.5, 0.6) is 5.75 Å². The first kappa shape index (κ1) is 12.7. The number of fused-ring (bicyclic) bond motifs is 1. The van der Waals surface area contributed by atoms with E-state index in [0.29, 0.717) is 19.2 Å². The van der Waals surface area contributed by atoms with Crippen LogP contribution in [0.3, 0.4) is 0 Å². The third-order valence-electron chi connectivity index (χ3n) is 2.93. The molecule has 18 heavy (non-hydrogen) atoms. The van der Waals surface area contributed by atoms with Crippen LogP contribution in [-0.2, 0) is 4.74 Å². The Balaban J connectivity index is 2.40. The van der Waals surface area contributed by atoms with Gasteiger partial charge in [0.1, 0.15) is 5.75 Å². The van der Waals surface area contributed by atoms with Crippen LogP contribution in [0.4, 0.5) is 5.95 Å². The number of imidazole rings is 1. The van der Waals surface area contributed by atoms with Crippen LogP contribution < -0.4 is 10.5 Å². The maximum absolute atomic E-state index is 5.97. The van der Waals surface area contributed by atoms with Crippen LogP contribution in [0.2, 0.25) is 0 Å². The minimum absolute atomic E-state index is 0.156. The molecule has 1 aromatic carbocycles. The molecule has 0 spiro atoms. The number of hydrogen-bond acceptors (Lipinski definition) is 4. The second-order valence-electron chi connectivity index (χ2n) is 4.20. The van der Waals surface area contributed by atoms with Crippen LogP contribution in [0.15, 0.2) is 18.2 Å². The lowest BCUT2D eigenvalue weighted by molar-refractivity contribution is 0.120. The van der Waals surface area contributed by atoms with Crippen molar-refractivity contribution in [3.05, 3.63) is 18.2 Å². The molecule has 0 aliphatic heterocycles. The molecule has 1 heterocycles. The van der Waals surface area contributed by atoms with Gasteiger partial charge in [-0.3, -0.25) is 0 Å². The summed E-state index contributed by atoms with van der Waals surface area (Å²) in [6.07, 6.45) is 0. The van der Waals surface area contributed by atoms with Gasteiger partial charge in [-0.15, -0.1) is 0 Å². The van der Waals surface area contributed by atoms with Crippen LogP contribution >= 0.6 is 0 Å². The lowest BCUT2D eigenvalue weighted by Crippen LogP contribution is -2.14. The Hall–Kier alpha value is -1.75. The molecule has 0 radical (unpaired) electrons. The Kier molecular flexibility index (Phi) is 3.72. The molecule has 5 nitrogen and oxygen atoms in total. The van der Waals surface area contributed by atoms with Crippen LogP contribution in [0, 0.1) is 0 Å². The highest BCUT2D eigenvalue weighted by Gasteiger charge is 2.14. The van der Waals surface area contributed by atoms with E-state index in [1.54, 1.807) is 7.11 Å². The number of ether oxygens (including phenoxy) is 2. The van der Waals surface area contributed by atoms with Crippen LogP contribution in [0.1, 0.15) is 19.9 Å². The van der Waals surface area contributed by atoms with E-state index in [9.17, 15) is 0 Å². The normalized spacial score (nSPS) is 12.8. The number of hydrogen-bond donors (Lipinski definition) is 1. The summed E-state index contributed by atoms with van der Waals surface area (Å²) in [5.41, 5.74) is 7.82. The highest BCUT2D eigenvalue weighted by molar-refractivity contribution is 5.80. The lowest BCUT2D eigenvalue weighted by Gasteiger charge is -2.15. The summed E-state index contributed by atoms with van der Waals surface area (Å²) >= 11 is 0. The predicted octanol–water partition coefficient (Wildman–Crippen LogP) is 2.22. The first-order chi connectivity index (χ1) is 8.67. The number of nitrogen functional groups attached to an aromatic ring is 1.